The number of aromatic nitrogens is 2. The molecule has 0 radical (unpaired) electrons. The molecule has 7 nitrogen and oxygen atoms in total. The molecule has 1 amide bonds. The predicted octanol–water partition coefficient (Wildman–Crippen LogP) is 1.84. The van der Waals surface area contributed by atoms with Crippen molar-refractivity contribution < 1.29 is 9.32 Å². The Morgan fingerprint density at radius 2 is 2.08 bits per heavy atom. The highest BCUT2D eigenvalue weighted by molar-refractivity contribution is 5.76. The highest BCUT2D eigenvalue weighted by Crippen LogP contribution is 2.17. The third-order valence-electron chi connectivity index (χ3n) is 4.60. The van der Waals surface area contributed by atoms with Crippen molar-refractivity contribution in [2.45, 2.75) is 26.7 Å². The number of hydrogen-bond donors (Lipinski definition) is 0. The summed E-state index contributed by atoms with van der Waals surface area (Å²) >= 11 is 0. The molecule has 1 fully saturated rings. The summed E-state index contributed by atoms with van der Waals surface area (Å²) < 4.78 is 5.14. The van der Waals surface area contributed by atoms with Gasteiger partial charge in [0.15, 0.2) is 0 Å². The number of nitrogens with zero attached hydrogens (tertiary/aromatic N) is 5. The minimum Gasteiger partial charge on any atom is -0.361 e. The topological polar surface area (TPSA) is 86.3 Å². The van der Waals surface area contributed by atoms with E-state index >= 15 is 0 Å². The Kier molecular flexibility index (Phi) is 4.98. The lowest BCUT2D eigenvalue weighted by Gasteiger charge is -2.35. The maximum absolute atomic E-state index is 12.5. The molecule has 3 rings (SSSR count). The van der Waals surface area contributed by atoms with Gasteiger partial charge in [-0.05, 0) is 32.4 Å². The molecule has 1 aliphatic heterocycles. The first-order valence-corrected chi connectivity index (χ1v) is 8.39. The molecule has 3 heterocycles. The van der Waals surface area contributed by atoms with Crippen LogP contribution in [0.15, 0.2) is 22.9 Å². The molecule has 1 aliphatic rings. The number of nitriles is 1. The summed E-state index contributed by atoms with van der Waals surface area (Å²) in [6.07, 6.45) is 2.77. The van der Waals surface area contributed by atoms with Crippen molar-refractivity contribution in [2.75, 3.05) is 31.1 Å². The zero-order valence-corrected chi connectivity index (χ0v) is 14.5. The number of pyridine rings is 1. The second-order valence-electron chi connectivity index (χ2n) is 6.19. The fraction of sp³-hybridized carbons (Fsp3) is 0.444. The van der Waals surface area contributed by atoms with Crippen molar-refractivity contribution in [3.05, 3.63) is 40.9 Å². The van der Waals surface area contributed by atoms with Gasteiger partial charge in [0.1, 0.15) is 11.6 Å². The molecule has 0 spiro atoms. The molecule has 25 heavy (non-hydrogen) atoms. The van der Waals surface area contributed by atoms with Crippen molar-refractivity contribution in [3.63, 3.8) is 0 Å². The quantitative estimate of drug-likeness (QED) is 0.845. The second kappa shape index (κ2) is 7.34. The first-order chi connectivity index (χ1) is 12.1. The lowest BCUT2D eigenvalue weighted by Crippen LogP contribution is -2.49. The number of piperazine rings is 1. The van der Waals surface area contributed by atoms with Gasteiger partial charge in [-0.2, -0.15) is 5.26 Å². The summed E-state index contributed by atoms with van der Waals surface area (Å²) in [5.41, 5.74) is 2.49. The van der Waals surface area contributed by atoms with E-state index in [0.29, 0.717) is 31.5 Å². The second-order valence-corrected chi connectivity index (χ2v) is 6.19. The lowest BCUT2D eigenvalue weighted by atomic mass is 10.1. The van der Waals surface area contributed by atoms with Crippen LogP contribution < -0.4 is 4.90 Å². The smallest absolute Gasteiger partial charge is 0.223 e. The van der Waals surface area contributed by atoms with Crippen LogP contribution in [-0.4, -0.2) is 47.1 Å². The van der Waals surface area contributed by atoms with Crippen LogP contribution >= 0.6 is 0 Å². The maximum Gasteiger partial charge on any atom is 0.223 e. The first kappa shape index (κ1) is 17.0. The third-order valence-corrected chi connectivity index (χ3v) is 4.60. The number of aryl methyl sites for hydroxylation is 2. The molecular formula is C18H21N5O2. The number of rotatable bonds is 4. The van der Waals surface area contributed by atoms with Crippen LogP contribution in [0.4, 0.5) is 5.82 Å². The summed E-state index contributed by atoms with van der Waals surface area (Å²) in [5, 5.41) is 12.9. The van der Waals surface area contributed by atoms with Crippen LogP contribution in [0.1, 0.15) is 29.0 Å². The summed E-state index contributed by atoms with van der Waals surface area (Å²) in [7, 11) is 0. The van der Waals surface area contributed by atoms with Crippen LogP contribution in [0.2, 0.25) is 0 Å². The van der Waals surface area contributed by atoms with E-state index in [1.165, 1.54) is 0 Å². The average Bonchev–Trinajstić information content (AvgIpc) is 2.97. The fourth-order valence-corrected chi connectivity index (χ4v) is 3.09. The molecule has 1 saturated heterocycles. The van der Waals surface area contributed by atoms with Gasteiger partial charge in [0, 0.05) is 44.4 Å². The van der Waals surface area contributed by atoms with Crippen molar-refractivity contribution in [3.8, 4) is 6.07 Å². The molecular weight excluding hydrogens is 318 g/mol. The van der Waals surface area contributed by atoms with E-state index in [0.717, 1.165) is 35.9 Å². The minimum absolute atomic E-state index is 0.151. The molecule has 0 unspecified atom stereocenters. The Morgan fingerprint density at radius 1 is 1.32 bits per heavy atom. The maximum atomic E-state index is 12.5. The molecule has 130 valence electrons. The largest absolute Gasteiger partial charge is 0.361 e. The van der Waals surface area contributed by atoms with Crippen molar-refractivity contribution >= 4 is 11.7 Å². The van der Waals surface area contributed by atoms with Crippen LogP contribution in [0.3, 0.4) is 0 Å². The molecule has 0 aromatic carbocycles. The molecule has 7 heteroatoms. The van der Waals surface area contributed by atoms with E-state index in [2.05, 4.69) is 21.1 Å². The van der Waals surface area contributed by atoms with Gasteiger partial charge in [-0.1, -0.05) is 5.16 Å². The fourth-order valence-electron chi connectivity index (χ4n) is 3.09. The van der Waals surface area contributed by atoms with Gasteiger partial charge in [0.2, 0.25) is 5.91 Å². The Balaban J connectivity index is 1.53. The zero-order valence-electron chi connectivity index (χ0n) is 14.5. The number of anilines is 1. The monoisotopic (exact) mass is 339 g/mol. The van der Waals surface area contributed by atoms with Crippen molar-refractivity contribution in [1.29, 1.82) is 5.26 Å². The van der Waals surface area contributed by atoms with E-state index in [1.807, 2.05) is 18.7 Å². The van der Waals surface area contributed by atoms with Crippen molar-refractivity contribution in [1.82, 2.24) is 15.0 Å². The van der Waals surface area contributed by atoms with Gasteiger partial charge in [-0.25, -0.2) is 4.98 Å². The SMILES string of the molecule is Cc1noc(C)c1CCC(=O)N1CCN(c2cc(C#N)ccn2)CC1. The van der Waals surface area contributed by atoms with E-state index in [-0.39, 0.29) is 5.91 Å². The molecule has 0 N–H and O–H groups in total. The van der Waals surface area contributed by atoms with Gasteiger partial charge >= 0.3 is 0 Å². The summed E-state index contributed by atoms with van der Waals surface area (Å²) in [6, 6.07) is 5.61. The van der Waals surface area contributed by atoms with Gasteiger partial charge in [-0.15, -0.1) is 0 Å². The third kappa shape index (κ3) is 3.79. The number of amides is 1. The van der Waals surface area contributed by atoms with E-state index in [9.17, 15) is 4.79 Å². The molecule has 0 saturated carbocycles. The van der Waals surface area contributed by atoms with Gasteiger partial charge in [0.25, 0.3) is 0 Å². The molecule has 2 aromatic heterocycles. The lowest BCUT2D eigenvalue weighted by molar-refractivity contribution is -0.131. The van der Waals surface area contributed by atoms with Crippen LogP contribution in [0.25, 0.3) is 0 Å². The zero-order chi connectivity index (χ0) is 17.8. The molecule has 0 bridgehead atoms. The van der Waals surface area contributed by atoms with Gasteiger partial charge in [-0.3, -0.25) is 4.79 Å². The first-order valence-electron chi connectivity index (χ1n) is 8.39. The van der Waals surface area contributed by atoms with E-state index in [4.69, 9.17) is 9.78 Å². The number of carbonyl (C=O) groups excluding carboxylic acids is 1. The minimum atomic E-state index is 0.151. The average molecular weight is 339 g/mol. The molecule has 0 aliphatic carbocycles. The van der Waals surface area contributed by atoms with E-state index < -0.39 is 0 Å². The highest BCUT2D eigenvalue weighted by Gasteiger charge is 2.22. The Hall–Kier alpha value is -2.88. The Labute approximate surface area is 146 Å². The van der Waals surface area contributed by atoms with Gasteiger partial charge < -0.3 is 14.3 Å². The Bertz CT molecular complexity index is 781. The number of carbonyl (C=O) groups is 1. The van der Waals surface area contributed by atoms with Crippen molar-refractivity contribution in [2.24, 2.45) is 0 Å². The molecule has 2 aromatic rings. The normalized spacial score (nSPS) is 14.4. The summed E-state index contributed by atoms with van der Waals surface area (Å²) in [4.78, 5) is 20.8. The van der Waals surface area contributed by atoms with Crippen LogP contribution in [0, 0.1) is 25.2 Å². The molecule has 0 atom stereocenters. The Morgan fingerprint density at radius 3 is 2.72 bits per heavy atom. The summed E-state index contributed by atoms with van der Waals surface area (Å²) in [6.45, 7) is 6.55. The van der Waals surface area contributed by atoms with Crippen LogP contribution in [-0.2, 0) is 11.2 Å². The van der Waals surface area contributed by atoms with E-state index in [1.54, 1.807) is 18.3 Å². The predicted molar refractivity (Wildman–Crippen MR) is 92.0 cm³/mol. The summed E-state index contributed by atoms with van der Waals surface area (Å²) in [5.74, 6) is 1.74. The van der Waals surface area contributed by atoms with Crippen LogP contribution in [0.5, 0.6) is 0 Å². The van der Waals surface area contributed by atoms with Gasteiger partial charge in [0.05, 0.1) is 17.3 Å². The number of hydrogen-bond acceptors (Lipinski definition) is 6. The highest BCUT2D eigenvalue weighted by atomic mass is 16.5. The standard InChI is InChI=1S/C18H21N5O2/c1-13-16(14(2)25-21-13)3-4-18(24)23-9-7-22(8-10-23)17-11-15(12-19)5-6-20-17/h5-6,11H,3-4,7-10H2,1-2H3.